The van der Waals surface area contributed by atoms with E-state index in [1.807, 2.05) is 19.1 Å². The Balaban J connectivity index is 1.59. The number of rotatable bonds is 4. The number of Topliss-reactive ketones (excluding diaryl/α,β-unsaturated/α-hetero) is 1. The molecule has 0 bridgehead atoms. The Kier molecular flexibility index (Phi) is 5.63. The molecule has 2 heterocycles. The number of ether oxygens (including phenoxy) is 3. The van der Waals surface area contributed by atoms with Crippen molar-refractivity contribution in [2.24, 2.45) is 0 Å². The lowest BCUT2D eigenvalue weighted by Gasteiger charge is -2.37. The van der Waals surface area contributed by atoms with Gasteiger partial charge in [-0.15, -0.1) is 0 Å². The fourth-order valence-corrected chi connectivity index (χ4v) is 4.98. The molecule has 0 spiro atoms. The Morgan fingerprint density at radius 2 is 1.76 bits per heavy atom. The van der Waals surface area contributed by atoms with Gasteiger partial charge in [-0.05, 0) is 68.5 Å². The molecule has 34 heavy (non-hydrogen) atoms. The minimum atomic E-state index is -0.585. The van der Waals surface area contributed by atoms with Gasteiger partial charge in [0.1, 0.15) is 5.82 Å². The maximum atomic E-state index is 13.6. The fourth-order valence-electron chi connectivity index (χ4n) is 4.98. The third-order valence-electron chi connectivity index (χ3n) is 6.46. The van der Waals surface area contributed by atoms with Crippen molar-refractivity contribution >= 4 is 11.8 Å². The summed E-state index contributed by atoms with van der Waals surface area (Å²) < 4.78 is 30.0. The highest BCUT2D eigenvalue weighted by molar-refractivity contribution is 6.04. The van der Waals surface area contributed by atoms with E-state index < -0.39 is 11.9 Å². The quantitative estimate of drug-likeness (QED) is 0.653. The van der Waals surface area contributed by atoms with Crippen LogP contribution in [0.2, 0.25) is 0 Å². The van der Waals surface area contributed by atoms with Crippen molar-refractivity contribution in [2.75, 3.05) is 6.79 Å². The molecular weight excluding hydrogens is 437 g/mol. The molecule has 2 atom stereocenters. The molecule has 0 saturated carbocycles. The van der Waals surface area contributed by atoms with Crippen molar-refractivity contribution < 1.29 is 28.2 Å². The van der Waals surface area contributed by atoms with E-state index in [-0.39, 0.29) is 36.8 Å². The Morgan fingerprint density at radius 1 is 1.06 bits per heavy atom. The molecule has 176 valence electrons. The first-order valence-corrected chi connectivity index (χ1v) is 11.4. The van der Waals surface area contributed by atoms with Crippen molar-refractivity contribution in [3.63, 3.8) is 0 Å². The zero-order valence-electron chi connectivity index (χ0n) is 19.3. The number of carbonyl (C=O) groups excluding carboxylic acids is 2. The van der Waals surface area contributed by atoms with E-state index in [0.717, 1.165) is 16.8 Å². The summed E-state index contributed by atoms with van der Waals surface area (Å²) in [5, 5.41) is 3.32. The minimum Gasteiger partial charge on any atom is -0.460 e. The Bertz CT molecular complexity index is 1230. The van der Waals surface area contributed by atoms with Gasteiger partial charge in [0.05, 0.1) is 11.7 Å². The van der Waals surface area contributed by atoms with Crippen LogP contribution in [0.25, 0.3) is 0 Å². The highest BCUT2D eigenvalue weighted by Crippen LogP contribution is 2.47. The average Bonchev–Trinajstić information content (AvgIpc) is 3.25. The number of hydrogen-bond acceptors (Lipinski definition) is 6. The van der Waals surface area contributed by atoms with E-state index in [2.05, 4.69) is 5.32 Å². The lowest BCUT2D eigenvalue weighted by molar-refractivity contribution is -0.143. The van der Waals surface area contributed by atoms with Gasteiger partial charge in [0.15, 0.2) is 17.3 Å². The molecule has 2 aromatic carbocycles. The van der Waals surface area contributed by atoms with Gasteiger partial charge < -0.3 is 19.5 Å². The molecule has 7 heteroatoms. The van der Waals surface area contributed by atoms with Crippen LogP contribution >= 0.6 is 0 Å². The summed E-state index contributed by atoms with van der Waals surface area (Å²) in [5.74, 6) is -0.259. The van der Waals surface area contributed by atoms with Crippen LogP contribution < -0.4 is 14.8 Å². The number of halogens is 1. The summed E-state index contributed by atoms with van der Waals surface area (Å²) in [7, 11) is 0. The van der Waals surface area contributed by atoms with Crippen LogP contribution in [-0.2, 0) is 14.3 Å². The zero-order chi connectivity index (χ0) is 24.0. The normalized spacial score (nSPS) is 21.5. The summed E-state index contributed by atoms with van der Waals surface area (Å²) in [6.07, 6.45) is 0.557. The smallest absolute Gasteiger partial charge is 0.337 e. The van der Waals surface area contributed by atoms with Crippen LogP contribution in [0.3, 0.4) is 0 Å². The topological polar surface area (TPSA) is 73.9 Å². The molecule has 5 rings (SSSR count). The maximum absolute atomic E-state index is 13.6. The predicted octanol–water partition coefficient (Wildman–Crippen LogP) is 4.87. The van der Waals surface area contributed by atoms with Crippen LogP contribution in [0.4, 0.5) is 4.39 Å². The number of dihydropyridines is 1. The Labute approximate surface area is 197 Å². The molecule has 0 fully saturated rings. The van der Waals surface area contributed by atoms with Crippen molar-refractivity contribution in [3.05, 3.63) is 81.9 Å². The molecule has 1 N–H and O–H groups in total. The first-order chi connectivity index (χ1) is 16.3. The molecule has 1 aliphatic carbocycles. The number of esters is 1. The van der Waals surface area contributed by atoms with Crippen LogP contribution in [0, 0.1) is 5.82 Å². The van der Waals surface area contributed by atoms with Gasteiger partial charge in [-0.3, -0.25) is 4.79 Å². The molecule has 6 nitrogen and oxygen atoms in total. The molecule has 0 radical (unpaired) electrons. The SMILES string of the molecule is CC1=C(C(=O)OC(C)C)C(c2ccc3c(c2)OCO3)C2=C(CC(c3ccc(F)cc3)CC2=O)N1. The minimum absolute atomic E-state index is 0.0481. The highest BCUT2D eigenvalue weighted by Gasteiger charge is 2.42. The second kappa shape index (κ2) is 8.63. The van der Waals surface area contributed by atoms with Gasteiger partial charge >= 0.3 is 5.97 Å². The predicted molar refractivity (Wildman–Crippen MR) is 123 cm³/mol. The maximum Gasteiger partial charge on any atom is 0.337 e. The van der Waals surface area contributed by atoms with Crippen LogP contribution in [-0.4, -0.2) is 24.6 Å². The molecule has 2 aliphatic heterocycles. The van der Waals surface area contributed by atoms with Crippen LogP contribution in [0.5, 0.6) is 11.5 Å². The van der Waals surface area contributed by atoms with Crippen molar-refractivity contribution in [1.29, 1.82) is 0 Å². The van der Waals surface area contributed by atoms with E-state index >= 15 is 0 Å². The second-order valence-electron chi connectivity index (χ2n) is 9.14. The van der Waals surface area contributed by atoms with Crippen LogP contribution in [0.1, 0.15) is 56.6 Å². The Morgan fingerprint density at radius 3 is 2.50 bits per heavy atom. The standard InChI is InChI=1S/C27H26FNO5/c1-14(2)34-27(31)24-15(3)29-20-10-18(16-4-7-19(28)8-5-16)11-21(30)26(20)25(24)17-6-9-22-23(12-17)33-13-32-22/h4-9,12,14,18,25,29H,10-11,13H2,1-3H3. The Hall–Kier alpha value is -3.61. The van der Waals surface area contributed by atoms with Gasteiger partial charge in [0.25, 0.3) is 0 Å². The number of fused-ring (bicyclic) bond motifs is 1. The van der Waals surface area contributed by atoms with Crippen molar-refractivity contribution in [1.82, 2.24) is 5.32 Å². The molecule has 3 aliphatic rings. The van der Waals surface area contributed by atoms with E-state index in [4.69, 9.17) is 14.2 Å². The zero-order valence-corrected chi connectivity index (χ0v) is 19.3. The summed E-state index contributed by atoms with van der Waals surface area (Å²) in [4.78, 5) is 26.8. The van der Waals surface area contributed by atoms with E-state index in [0.29, 0.717) is 34.8 Å². The van der Waals surface area contributed by atoms with Gasteiger partial charge in [-0.2, -0.15) is 0 Å². The average molecular weight is 464 g/mol. The molecular formula is C27H26FNO5. The second-order valence-corrected chi connectivity index (χ2v) is 9.14. The molecule has 2 aromatic rings. The number of benzene rings is 2. The van der Waals surface area contributed by atoms with E-state index in [1.54, 1.807) is 32.0 Å². The van der Waals surface area contributed by atoms with Crippen molar-refractivity contribution in [2.45, 2.75) is 51.6 Å². The lowest BCUT2D eigenvalue weighted by Crippen LogP contribution is -2.36. The summed E-state index contributed by atoms with van der Waals surface area (Å²) in [6, 6.07) is 11.8. The lowest BCUT2D eigenvalue weighted by atomic mass is 9.71. The van der Waals surface area contributed by atoms with Crippen LogP contribution in [0.15, 0.2) is 65.0 Å². The first-order valence-electron chi connectivity index (χ1n) is 11.4. The third kappa shape index (κ3) is 3.95. The number of hydrogen-bond donors (Lipinski definition) is 1. The highest BCUT2D eigenvalue weighted by atomic mass is 19.1. The van der Waals surface area contributed by atoms with Crippen molar-refractivity contribution in [3.8, 4) is 11.5 Å². The summed E-state index contributed by atoms with van der Waals surface area (Å²) in [6.45, 7) is 5.55. The number of nitrogens with one attached hydrogen (secondary N) is 1. The van der Waals surface area contributed by atoms with Gasteiger partial charge in [-0.25, -0.2) is 9.18 Å². The number of allylic oxidation sites excluding steroid dienone is 3. The number of ketones is 1. The first kappa shape index (κ1) is 22.2. The molecule has 0 saturated heterocycles. The molecule has 0 aromatic heterocycles. The summed E-state index contributed by atoms with van der Waals surface area (Å²) in [5.41, 5.74) is 4.10. The van der Waals surface area contributed by atoms with Gasteiger partial charge in [-0.1, -0.05) is 18.2 Å². The van der Waals surface area contributed by atoms with E-state index in [1.165, 1.54) is 12.1 Å². The monoisotopic (exact) mass is 463 g/mol. The summed E-state index contributed by atoms with van der Waals surface area (Å²) >= 11 is 0. The van der Waals surface area contributed by atoms with E-state index in [9.17, 15) is 14.0 Å². The molecule has 0 amide bonds. The molecule has 2 unspecified atom stereocenters. The number of carbonyl (C=O) groups is 2. The van der Waals surface area contributed by atoms with Gasteiger partial charge in [0, 0.05) is 29.3 Å². The fraction of sp³-hybridized carbons (Fsp3) is 0.333. The largest absolute Gasteiger partial charge is 0.460 e. The third-order valence-corrected chi connectivity index (χ3v) is 6.46. The van der Waals surface area contributed by atoms with Gasteiger partial charge in [0.2, 0.25) is 6.79 Å².